The molecule has 7 heteroatoms. The average Bonchev–Trinajstić information content (AvgIpc) is 2.82. The Labute approximate surface area is 190 Å². The molecule has 2 aliphatic rings. The van der Waals surface area contributed by atoms with Crippen LogP contribution in [0.1, 0.15) is 60.9 Å². The zero-order chi connectivity index (χ0) is 22.3. The van der Waals surface area contributed by atoms with E-state index in [-0.39, 0.29) is 0 Å². The van der Waals surface area contributed by atoms with Crippen molar-refractivity contribution < 1.29 is 9.53 Å². The van der Waals surface area contributed by atoms with Crippen molar-refractivity contribution in [2.45, 2.75) is 51.0 Å². The number of pyridine rings is 1. The van der Waals surface area contributed by atoms with Crippen molar-refractivity contribution in [1.82, 2.24) is 9.88 Å². The molecule has 0 atom stereocenters. The van der Waals surface area contributed by atoms with Gasteiger partial charge >= 0.3 is 0 Å². The molecule has 1 aromatic carbocycles. The van der Waals surface area contributed by atoms with Crippen molar-refractivity contribution in [2.24, 2.45) is 5.73 Å². The van der Waals surface area contributed by atoms with E-state index in [9.17, 15) is 4.79 Å². The molecular formula is C25H35N5O2. The van der Waals surface area contributed by atoms with Gasteiger partial charge in [0.05, 0.1) is 11.3 Å². The third-order valence-corrected chi connectivity index (χ3v) is 6.53. The minimum atomic E-state index is -0.462. The second-order valence-corrected chi connectivity index (χ2v) is 8.87. The van der Waals surface area contributed by atoms with Crippen LogP contribution in [0.3, 0.4) is 0 Å². The fraction of sp³-hybridized carbons (Fsp3) is 0.520. The van der Waals surface area contributed by atoms with Crippen LogP contribution in [0.5, 0.6) is 0 Å². The third kappa shape index (κ3) is 5.78. The zero-order valence-corrected chi connectivity index (χ0v) is 19.0. The van der Waals surface area contributed by atoms with Gasteiger partial charge < -0.3 is 26.0 Å². The smallest absolute Gasteiger partial charge is 0.252 e. The number of likely N-dealkylation sites (tertiary alicyclic amines) is 1. The van der Waals surface area contributed by atoms with Crippen molar-refractivity contribution in [3.05, 3.63) is 47.7 Å². The summed E-state index contributed by atoms with van der Waals surface area (Å²) in [5, 5.41) is 6.92. The predicted molar refractivity (Wildman–Crippen MR) is 129 cm³/mol. The van der Waals surface area contributed by atoms with Gasteiger partial charge in [0, 0.05) is 50.3 Å². The van der Waals surface area contributed by atoms with E-state index < -0.39 is 5.91 Å². The van der Waals surface area contributed by atoms with Crippen LogP contribution >= 0.6 is 0 Å². The van der Waals surface area contributed by atoms with Gasteiger partial charge in [-0.3, -0.25) is 4.79 Å². The number of nitrogens with zero attached hydrogens (tertiary/aromatic N) is 2. The van der Waals surface area contributed by atoms with E-state index in [0.29, 0.717) is 23.3 Å². The number of nitrogens with two attached hydrogens (primary N) is 1. The number of benzene rings is 1. The van der Waals surface area contributed by atoms with E-state index >= 15 is 0 Å². The number of hydrogen-bond acceptors (Lipinski definition) is 6. The summed E-state index contributed by atoms with van der Waals surface area (Å²) in [5.41, 5.74) is 9.12. The minimum Gasteiger partial charge on any atom is -0.381 e. The van der Waals surface area contributed by atoms with Crippen LogP contribution in [0, 0.1) is 0 Å². The second kappa shape index (κ2) is 10.8. The van der Waals surface area contributed by atoms with Crippen LogP contribution in [0.2, 0.25) is 0 Å². The van der Waals surface area contributed by atoms with Crippen LogP contribution < -0.4 is 16.4 Å². The second-order valence-electron chi connectivity index (χ2n) is 8.87. The number of carbonyl (C=O) groups excluding carboxylic acids is 1. The molecule has 0 bridgehead atoms. The molecule has 172 valence electrons. The Kier molecular flexibility index (Phi) is 7.60. The van der Waals surface area contributed by atoms with Crippen molar-refractivity contribution in [3.63, 3.8) is 0 Å². The molecule has 4 rings (SSSR count). The maximum atomic E-state index is 12.0. The Bertz CT molecular complexity index is 888. The molecule has 0 saturated carbocycles. The van der Waals surface area contributed by atoms with Crippen LogP contribution in [0.25, 0.3) is 0 Å². The number of anilines is 3. The lowest BCUT2D eigenvalue weighted by Gasteiger charge is -2.33. The summed E-state index contributed by atoms with van der Waals surface area (Å²) < 4.78 is 5.47. The Hall–Kier alpha value is -2.64. The maximum Gasteiger partial charge on any atom is 0.252 e. The lowest BCUT2D eigenvalue weighted by Crippen LogP contribution is -2.39. The molecule has 0 aliphatic carbocycles. The van der Waals surface area contributed by atoms with Gasteiger partial charge in [-0.05, 0) is 62.3 Å². The van der Waals surface area contributed by atoms with Crippen LogP contribution in [-0.2, 0) is 4.74 Å². The van der Waals surface area contributed by atoms with Crippen molar-refractivity contribution in [1.29, 1.82) is 0 Å². The Morgan fingerprint density at radius 3 is 2.53 bits per heavy atom. The highest BCUT2D eigenvalue weighted by Gasteiger charge is 2.21. The number of aromatic nitrogens is 1. The van der Waals surface area contributed by atoms with Gasteiger partial charge in [-0.1, -0.05) is 19.1 Å². The lowest BCUT2D eigenvalue weighted by molar-refractivity contribution is 0.0853. The van der Waals surface area contributed by atoms with E-state index in [1.807, 2.05) is 6.07 Å². The van der Waals surface area contributed by atoms with Gasteiger partial charge in [-0.2, -0.15) is 0 Å². The molecule has 0 unspecified atom stereocenters. The van der Waals surface area contributed by atoms with Gasteiger partial charge in [0.2, 0.25) is 0 Å². The summed E-state index contributed by atoms with van der Waals surface area (Å²) in [6, 6.07) is 10.8. The zero-order valence-electron chi connectivity index (χ0n) is 19.0. The maximum absolute atomic E-state index is 12.0. The lowest BCUT2D eigenvalue weighted by atomic mass is 9.92. The van der Waals surface area contributed by atoms with Gasteiger partial charge in [-0.25, -0.2) is 4.98 Å². The number of amides is 1. The number of nitrogens with one attached hydrogen (secondary N) is 2. The number of ether oxygens (including phenoxy) is 1. The number of hydrogen-bond donors (Lipinski definition) is 3. The molecule has 32 heavy (non-hydrogen) atoms. The third-order valence-electron chi connectivity index (χ3n) is 6.53. The Balaban J connectivity index is 1.42. The summed E-state index contributed by atoms with van der Waals surface area (Å²) in [4.78, 5) is 18.9. The van der Waals surface area contributed by atoms with E-state index in [4.69, 9.17) is 10.5 Å². The first-order chi connectivity index (χ1) is 15.6. The van der Waals surface area contributed by atoms with E-state index in [0.717, 1.165) is 69.9 Å². The number of primary amides is 1. The molecule has 2 aliphatic heterocycles. The monoisotopic (exact) mass is 437 g/mol. The SMILES string of the molecule is CCCN1CCC(Nc2cc(Nc3ccc(C4CCOCC4)cc3)ncc2C(N)=O)CC1. The Morgan fingerprint density at radius 1 is 1.16 bits per heavy atom. The van der Waals surface area contributed by atoms with Crippen LogP contribution in [-0.4, -0.2) is 54.7 Å². The first-order valence-corrected chi connectivity index (χ1v) is 11.9. The molecular weight excluding hydrogens is 402 g/mol. The standard InChI is InChI=1S/C25H35N5O2/c1-2-11-30-12-7-21(8-13-30)28-23-16-24(27-17-22(23)25(26)31)29-20-5-3-18(4-6-20)19-9-14-32-15-10-19/h3-6,16-17,19,21H,2,7-15H2,1H3,(H2,26,31)(H2,27,28,29). The minimum absolute atomic E-state index is 0.329. The largest absolute Gasteiger partial charge is 0.381 e. The van der Waals surface area contributed by atoms with Crippen molar-refractivity contribution in [2.75, 3.05) is 43.5 Å². The van der Waals surface area contributed by atoms with Gasteiger partial charge in [0.1, 0.15) is 5.82 Å². The van der Waals surface area contributed by atoms with E-state index in [2.05, 4.69) is 51.7 Å². The molecule has 0 spiro atoms. The van der Waals surface area contributed by atoms with Gasteiger partial charge in [0.15, 0.2) is 0 Å². The molecule has 2 fully saturated rings. The van der Waals surface area contributed by atoms with Crippen LogP contribution in [0.15, 0.2) is 36.5 Å². The van der Waals surface area contributed by atoms with Gasteiger partial charge in [-0.15, -0.1) is 0 Å². The summed E-state index contributed by atoms with van der Waals surface area (Å²) in [7, 11) is 0. The topological polar surface area (TPSA) is 92.5 Å². The van der Waals surface area contributed by atoms with Crippen molar-refractivity contribution >= 4 is 23.1 Å². The summed E-state index contributed by atoms with van der Waals surface area (Å²) in [6.07, 6.45) is 7.01. The number of carbonyl (C=O) groups is 1. The normalized spacial score (nSPS) is 18.4. The number of rotatable bonds is 8. The van der Waals surface area contributed by atoms with E-state index in [1.54, 1.807) is 6.20 Å². The first kappa shape index (κ1) is 22.6. The molecule has 2 aromatic rings. The fourth-order valence-corrected chi connectivity index (χ4v) is 4.69. The molecule has 4 N–H and O–H groups in total. The van der Waals surface area contributed by atoms with Crippen LogP contribution in [0.4, 0.5) is 17.2 Å². The first-order valence-electron chi connectivity index (χ1n) is 11.9. The molecule has 3 heterocycles. The summed E-state index contributed by atoms with van der Waals surface area (Å²) in [5.74, 6) is 0.806. The molecule has 1 amide bonds. The fourth-order valence-electron chi connectivity index (χ4n) is 4.69. The average molecular weight is 438 g/mol. The number of piperidine rings is 1. The summed E-state index contributed by atoms with van der Waals surface area (Å²) in [6.45, 7) is 7.20. The molecule has 7 nitrogen and oxygen atoms in total. The molecule has 2 saturated heterocycles. The molecule has 0 radical (unpaired) electrons. The quantitative estimate of drug-likeness (QED) is 0.576. The van der Waals surface area contributed by atoms with E-state index in [1.165, 1.54) is 12.0 Å². The van der Waals surface area contributed by atoms with Crippen molar-refractivity contribution in [3.8, 4) is 0 Å². The highest BCUT2D eigenvalue weighted by atomic mass is 16.5. The molecule has 1 aromatic heterocycles. The highest BCUT2D eigenvalue weighted by Crippen LogP contribution is 2.29. The highest BCUT2D eigenvalue weighted by molar-refractivity contribution is 5.98. The summed E-state index contributed by atoms with van der Waals surface area (Å²) >= 11 is 0. The Morgan fingerprint density at radius 2 is 1.88 bits per heavy atom. The van der Waals surface area contributed by atoms with Gasteiger partial charge in [0.25, 0.3) is 5.91 Å². The predicted octanol–water partition coefficient (Wildman–Crippen LogP) is 4.10.